The first-order chi connectivity index (χ1) is 8.37. The van der Waals surface area contributed by atoms with Crippen LogP contribution in [0, 0.1) is 5.41 Å². The summed E-state index contributed by atoms with van der Waals surface area (Å²) in [4.78, 5) is 2.28. The summed E-state index contributed by atoms with van der Waals surface area (Å²) in [7, 11) is 2.13. The summed E-state index contributed by atoms with van der Waals surface area (Å²) in [5, 5.41) is 10.3. The second-order valence-electron chi connectivity index (χ2n) is 6.67. The molecule has 0 bridgehead atoms. The standard InChI is InChI=1S/C16H25NO/c1-16(2,3)9-7-15(18)13-5-6-14-12(11-13)8-10-17(14)4/h5-6,11,15,18H,7-10H2,1-4H3. The zero-order valence-corrected chi connectivity index (χ0v) is 12.0. The Morgan fingerprint density at radius 1 is 1.33 bits per heavy atom. The van der Waals surface area contributed by atoms with Gasteiger partial charge in [0.2, 0.25) is 0 Å². The fraction of sp³-hybridized carbons (Fsp3) is 0.625. The lowest BCUT2D eigenvalue weighted by molar-refractivity contribution is 0.147. The molecule has 1 atom stereocenters. The highest BCUT2D eigenvalue weighted by Crippen LogP contribution is 2.32. The van der Waals surface area contributed by atoms with E-state index in [1.807, 2.05) is 0 Å². The topological polar surface area (TPSA) is 23.5 Å². The molecule has 2 nitrogen and oxygen atoms in total. The van der Waals surface area contributed by atoms with E-state index in [1.54, 1.807) is 0 Å². The van der Waals surface area contributed by atoms with Gasteiger partial charge in [-0.05, 0) is 41.9 Å². The van der Waals surface area contributed by atoms with Crippen LogP contribution in [0.4, 0.5) is 5.69 Å². The quantitative estimate of drug-likeness (QED) is 0.883. The summed E-state index contributed by atoms with van der Waals surface area (Å²) >= 11 is 0. The molecule has 0 aliphatic carbocycles. The van der Waals surface area contributed by atoms with Gasteiger partial charge in [0, 0.05) is 19.3 Å². The summed E-state index contributed by atoms with van der Waals surface area (Å²) < 4.78 is 0. The van der Waals surface area contributed by atoms with Gasteiger partial charge < -0.3 is 10.0 Å². The van der Waals surface area contributed by atoms with Crippen molar-refractivity contribution in [2.45, 2.75) is 46.1 Å². The molecule has 0 aromatic heterocycles. The van der Waals surface area contributed by atoms with Crippen molar-refractivity contribution in [3.05, 3.63) is 29.3 Å². The van der Waals surface area contributed by atoms with E-state index in [9.17, 15) is 5.11 Å². The van der Waals surface area contributed by atoms with Gasteiger partial charge in [0.25, 0.3) is 0 Å². The number of hydrogen-bond acceptors (Lipinski definition) is 2. The summed E-state index contributed by atoms with van der Waals surface area (Å²) in [6, 6.07) is 6.41. The molecule has 100 valence electrons. The fourth-order valence-electron chi connectivity index (χ4n) is 2.53. The molecular weight excluding hydrogens is 222 g/mol. The minimum Gasteiger partial charge on any atom is -0.388 e. The number of aliphatic hydroxyl groups excluding tert-OH is 1. The molecule has 0 spiro atoms. The molecule has 1 unspecified atom stereocenters. The predicted molar refractivity (Wildman–Crippen MR) is 77.1 cm³/mol. The molecule has 0 radical (unpaired) electrons. The Bertz CT molecular complexity index is 420. The van der Waals surface area contributed by atoms with Gasteiger partial charge in [0.1, 0.15) is 0 Å². The van der Waals surface area contributed by atoms with Crippen LogP contribution in [0.2, 0.25) is 0 Å². The average Bonchev–Trinajstić information content (AvgIpc) is 2.66. The van der Waals surface area contributed by atoms with Crippen LogP contribution in [0.1, 0.15) is 50.8 Å². The van der Waals surface area contributed by atoms with Crippen molar-refractivity contribution in [3.8, 4) is 0 Å². The van der Waals surface area contributed by atoms with Gasteiger partial charge in [-0.3, -0.25) is 0 Å². The zero-order chi connectivity index (χ0) is 13.3. The van der Waals surface area contributed by atoms with E-state index in [1.165, 1.54) is 11.3 Å². The first-order valence-corrected chi connectivity index (χ1v) is 6.89. The molecule has 0 amide bonds. The zero-order valence-electron chi connectivity index (χ0n) is 12.0. The fourth-order valence-corrected chi connectivity index (χ4v) is 2.53. The van der Waals surface area contributed by atoms with Crippen LogP contribution >= 0.6 is 0 Å². The highest BCUT2D eigenvalue weighted by atomic mass is 16.3. The van der Waals surface area contributed by atoms with Crippen molar-refractivity contribution in [2.24, 2.45) is 5.41 Å². The van der Waals surface area contributed by atoms with Crippen molar-refractivity contribution in [1.29, 1.82) is 0 Å². The molecule has 2 rings (SSSR count). The third kappa shape index (κ3) is 3.05. The van der Waals surface area contributed by atoms with E-state index in [0.717, 1.165) is 31.4 Å². The van der Waals surface area contributed by atoms with E-state index in [-0.39, 0.29) is 11.5 Å². The number of likely N-dealkylation sites (N-methyl/N-ethyl adjacent to an activating group) is 1. The molecule has 1 aliphatic rings. The molecule has 2 heteroatoms. The second-order valence-corrected chi connectivity index (χ2v) is 6.67. The van der Waals surface area contributed by atoms with Gasteiger partial charge >= 0.3 is 0 Å². The first kappa shape index (κ1) is 13.4. The molecular formula is C16H25NO. The number of fused-ring (bicyclic) bond motifs is 1. The Labute approximate surface area is 111 Å². The third-order valence-corrected chi connectivity index (χ3v) is 3.78. The maximum absolute atomic E-state index is 10.3. The normalized spacial score (nSPS) is 16.8. The van der Waals surface area contributed by atoms with E-state index in [0.29, 0.717) is 0 Å². The summed E-state index contributed by atoms with van der Waals surface area (Å²) in [5.74, 6) is 0. The summed E-state index contributed by atoms with van der Waals surface area (Å²) in [6.45, 7) is 7.75. The van der Waals surface area contributed by atoms with Crippen molar-refractivity contribution in [1.82, 2.24) is 0 Å². The highest BCUT2D eigenvalue weighted by molar-refractivity contribution is 5.58. The number of anilines is 1. The monoisotopic (exact) mass is 247 g/mol. The number of hydrogen-bond donors (Lipinski definition) is 1. The van der Waals surface area contributed by atoms with Crippen molar-refractivity contribution in [3.63, 3.8) is 0 Å². The SMILES string of the molecule is CN1CCc2cc(C(O)CCC(C)(C)C)ccc21. The Hall–Kier alpha value is -1.02. The van der Waals surface area contributed by atoms with Crippen LogP contribution in [0.15, 0.2) is 18.2 Å². The van der Waals surface area contributed by atoms with Gasteiger partial charge in [-0.15, -0.1) is 0 Å². The first-order valence-electron chi connectivity index (χ1n) is 6.89. The lowest BCUT2D eigenvalue weighted by Gasteiger charge is -2.21. The van der Waals surface area contributed by atoms with Crippen LogP contribution in [0.5, 0.6) is 0 Å². The van der Waals surface area contributed by atoms with Crippen LogP contribution in [0.25, 0.3) is 0 Å². The third-order valence-electron chi connectivity index (χ3n) is 3.78. The lowest BCUT2D eigenvalue weighted by Crippen LogP contribution is -2.12. The molecule has 0 saturated heterocycles. The summed E-state index contributed by atoms with van der Waals surface area (Å²) in [6.07, 6.45) is 2.68. The Balaban J connectivity index is 2.06. The van der Waals surface area contributed by atoms with Crippen LogP contribution in [-0.2, 0) is 6.42 Å². The molecule has 0 saturated carbocycles. The molecule has 1 aromatic rings. The molecule has 1 aromatic carbocycles. The van der Waals surface area contributed by atoms with Gasteiger partial charge in [-0.1, -0.05) is 32.9 Å². The number of benzene rings is 1. The van der Waals surface area contributed by atoms with Crippen LogP contribution < -0.4 is 4.90 Å². The minimum absolute atomic E-state index is 0.290. The van der Waals surface area contributed by atoms with E-state index in [4.69, 9.17) is 0 Å². The summed E-state index contributed by atoms with van der Waals surface area (Å²) in [5.41, 5.74) is 4.07. The lowest BCUT2D eigenvalue weighted by atomic mass is 9.88. The van der Waals surface area contributed by atoms with Crippen molar-refractivity contribution in [2.75, 3.05) is 18.5 Å². The van der Waals surface area contributed by atoms with E-state index < -0.39 is 0 Å². The minimum atomic E-state index is -0.319. The number of nitrogens with zero attached hydrogens (tertiary/aromatic N) is 1. The van der Waals surface area contributed by atoms with Gasteiger partial charge in [0.05, 0.1) is 6.10 Å². The van der Waals surface area contributed by atoms with Crippen molar-refractivity contribution >= 4 is 5.69 Å². The number of rotatable bonds is 3. The Morgan fingerprint density at radius 2 is 2.06 bits per heavy atom. The van der Waals surface area contributed by atoms with Gasteiger partial charge in [-0.25, -0.2) is 0 Å². The molecule has 1 heterocycles. The number of aliphatic hydroxyl groups is 1. The van der Waals surface area contributed by atoms with E-state index in [2.05, 4.69) is 50.9 Å². The average molecular weight is 247 g/mol. The molecule has 0 fully saturated rings. The van der Waals surface area contributed by atoms with Crippen molar-refractivity contribution < 1.29 is 5.11 Å². The maximum Gasteiger partial charge on any atom is 0.0790 e. The predicted octanol–water partition coefficient (Wildman–Crippen LogP) is 3.54. The highest BCUT2D eigenvalue weighted by Gasteiger charge is 2.19. The molecule has 1 aliphatic heterocycles. The second kappa shape index (κ2) is 4.93. The van der Waals surface area contributed by atoms with E-state index >= 15 is 0 Å². The van der Waals surface area contributed by atoms with Gasteiger partial charge in [0.15, 0.2) is 0 Å². The van der Waals surface area contributed by atoms with Gasteiger partial charge in [-0.2, -0.15) is 0 Å². The molecule has 1 N–H and O–H groups in total. The maximum atomic E-state index is 10.3. The smallest absolute Gasteiger partial charge is 0.0790 e. The Kier molecular flexibility index (Phi) is 3.67. The molecule has 18 heavy (non-hydrogen) atoms. The van der Waals surface area contributed by atoms with Crippen LogP contribution in [-0.4, -0.2) is 18.7 Å². The Morgan fingerprint density at radius 3 is 2.72 bits per heavy atom. The largest absolute Gasteiger partial charge is 0.388 e. The van der Waals surface area contributed by atoms with Crippen LogP contribution in [0.3, 0.4) is 0 Å².